The van der Waals surface area contributed by atoms with Gasteiger partial charge in [0.1, 0.15) is 4.99 Å². The number of nitrogens with two attached hydrogens (primary N) is 1. The van der Waals surface area contributed by atoms with Crippen LogP contribution in [0.5, 0.6) is 0 Å². The highest BCUT2D eigenvalue weighted by molar-refractivity contribution is 9.10. The van der Waals surface area contributed by atoms with Crippen molar-refractivity contribution < 1.29 is 8.42 Å². The molecule has 0 saturated carbocycles. The molecule has 1 rings (SSSR count). The van der Waals surface area contributed by atoms with E-state index in [9.17, 15) is 8.42 Å². The Labute approximate surface area is 120 Å². The standard InChI is InChI=1S/C10H14BrN3O2S2/c1-13-18(15,16)6-5-14-8-4-2-3-7(11)9(8)10(12)17/h2-4,13-14H,5-6H2,1H3,(H2,12,17). The van der Waals surface area contributed by atoms with E-state index in [4.69, 9.17) is 18.0 Å². The third-order valence-corrected chi connectivity index (χ3v) is 4.49. The van der Waals surface area contributed by atoms with Gasteiger partial charge in [-0.3, -0.25) is 0 Å². The molecule has 0 spiro atoms. The summed E-state index contributed by atoms with van der Waals surface area (Å²) in [6.07, 6.45) is 0. The third kappa shape index (κ3) is 4.20. The van der Waals surface area contributed by atoms with Crippen LogP contribution in [0.2, 0.25) is 0 Å². The zero-order chi connectivity index (χ0) is 13.8. The van der Waals surface area contributed by atoms with E-state index < -0.39 is 10.0 Å². The molecule has 100 valence electrons. The number of anilines is 1. The van der Waals surface area contributed by atoms with Gasteiger partial charge in [0.25, 0.3) is 0 Å². The lowest BCUT2D eigenvalue weighted by molar-refractivity contribution is 0.588. The first-order valence-electron chi connectivity index (χ1n) is 5.11. The largest absolute Gasteiger partial charge is 0.389 e. The topological polar surface area (TPSA) is 84.2 Å². The molecule has 0 aliphatic heterocycles. The van der Waals surface area contributed by atoms with Crippen molar-refractivity contribution in [2.75, 3.05) is 24.7 Å². The van der Waals surface area contributed by atoms with Gasteiger partial charge in [-0.15, -0.1) is 0 Å². The predicted octanol–water partition coefficient (Wildman–Crippen LogP) is 1.04. The predicted molar refractivity (Wildman–Crippen MR) is 81.4 cm³/mol. The number of thiocarbonyl (C=S) groups is 1. The molecule has 0 aliphatic rings. The smallest absolute Gasteiger partial charge is 0.213 e. The minimum atomic E-state index is -3.22. The van der Waals surface area contributed by atoms with Gasteiger partial charge in [-0.05, 0) is 35.1 Å². The van der Waals surface area contributed by atoms with Crippen molar-refractivity contribution in [3.8, 4) is 0 Å². The highest BCUT2D eigenvalue weighted by Crippen LogP contribution is 2.24. The van der Waals surface area contributed by atoms with Crippen LogP contribution in [-0.4, -0.2) is 32.8 Å². The summed E-state index contributed by atoms with van der Waals surface area (Å²) in [5.41, 5.74) is 7.02. The molecular weight excluding hydrogens is 338 g/mol. The lowest BCUT2D eigenvalue weighted by Crippen LogP contribution is -2.26. The fourth-order valence-electron chi connectivity index (χ4n) is 1.34. The van der Waals surface area contributed by atoms with E-state index in [1.807, 2.05) is 12.1 Å². The quantitative estimate of drug-likeness (QED) is 0.667. The van der Waals surface area contributed by atoms with E-state index in [0.29, 0.717) is 11.3 Å². The van der Waals surface area contributed by atoms with Crippen LogP contribution in [0, 0.1) is 0 Å². The number of hydrogen-bond donors (Lipinski definition) is 3. The fourth-order valence-corrected chi connectivity index (χ4v) is 2.85. The zero-order valence-corrected chi connectivity index (χ0v) is 13.0. The van der Waals surface area contributed by atoms with Crippen molar-refractivity contribution in [3.63, 3.8) is 0 Å². The molecule has 0 radical (unpaired) electrons. The summed E-state index contributed by atoms with van der Waals surface area (Å²) in [5, 5.41) is 3.01. The Morgan fingerprint density at radius 1 is 1.50 bits per heavy atom. The van der Waals surface area contributed by atoms with Gasteiger partial charge in [-0.25, -0.2) is 13.1 Å². The lowest BCUT2D eigenvalue weighted by Gasteiger charge is -2.12. The van der Waals surface area contributed by atoms with Crippen LogP contribution in [-0.2, 0) is 10.0 Å². The summed E-state index contributed by atoms with van der Waals surface area (Å²) in [5.74, 6) is -0.0210. The molecule has 1 aromatic carbocycles. The van der Waals surface area contributed by atoms with Crippen LogP contribution in [0.1, 0.15) is 5.56 Å². The van der Waals surface area contributed by atoms with Gasteiger partial charge in [-0.1, -0.05) is 18.3 Å². The Morgan fingerprint density at radius 3 is 2.72 bits per heavy atom. The van der Waals surface area contributed by atoms with Crippen molar-refractivity contribution in [3.05, 3.63) is 28.2 Å². The number of nitrogens with one attached hydrogen (secondary N) is 2. The molecule has 8 heteroatoms. The second-order valence-electron chi connectivity index (χ2n) is 3.48. The third-order valence-electron chi connectivity index (χ3n) is 2.26. The van der Waals surface area contributed by atoms with Crippen LogP contribution in [0.3, 0.4) is 0 Å². The van der Waals surface area contributed by atoms with Crippen molar-refractivity contribution >= 4 is 48.8 Å². The van der Waals surface area contributed by atoms with Crippen molar-refractivity contribution in [2.45, 2.75) is 0 Å². The van der Waals surface area contributed by atoms with E-state index in [-0.39, 0.29) is 17.3 Å². The van der Waals surface area contributed by atoms with E-state index >= 15 is 0 Å². The molecule has 0 saturated heterocycles. The Morgan fingerprint density at radius 2 is 2.17 bits per heavy atom. The second kappa shape index (κ2) is 6.46. The average molecular weight is 352 g/mol. The summed E-state index contributed by atoms with van der Waals surface area (Å²) in [6, 6.07) is 5.44. The van der Waals surface area contributed by atoms with Crippen LogP contribution in [0.4, 0.5) is 5.69 Å². The normalized spacial score (nSPS) is 11.2. The van der Waals surface area contributed by atoms with Crippen molar-refractivity contribution in [1.82, 2.24) is 4.72 Å². The summed E-state index contributed by atoms with van der Waals surface area (Å²) in [4.78, 5) is 0.251. The maximum atomic E-state index is 11.3. The zero-order valence-electron chi connectivity index (χ0n) is 9.73. The number of halogens is 1. The van der Waals surface area contributed by atoms with Gasteiger partial charge in [0.15, 0.2) is 0 Å². The van der Waals surface area contributed by atoms with Gasteiger partial charge in [0, 0.05) is 22.3 Å². The van der Waals surface area contributed by atoms with Gasteiger partial charge in [-0.2, -0.15) is 0 Å². The van der Waals surface area contributed by atoms with E-state index in [2.05, 4.69) is 26.0 Å². The first-order chi connectivity index (χ1) is 8.37. The van der Waals surface area contributed by atoms with Gasteiger partial charge < -0.3 is 11.1 Å². The minimum Gasteiger partial charge on any atom is -0.389 e. The Balaban J connectivity index is 2.80. The summed E-state index contributed by atoms with van der Waals surface area (Å²) in [7, 11) is -1.84. The number of rotatable bonds is 6. The van der Waals surface area contributed by atoms with Crippen LogP contribution in [0.15, 0.2) is 22.7 Å². The molecule has 1 aromatic rings. The molecule has 0 aliphatic carbocycles. The molecule has 0 heterocycles. The Bertz CT molecular complexity index is 546. The molecule has 0 amide bonds. The molecule has 18 heavy (non-hydrogen) atoms. The highest BCUT2D eigenvalue weighted by atomic mass is 79.9. The van der Waals surface area contributed by atoms with E-state index in [1.54, 1.807) is 6.07 Å². The minimum absolute atomic E-state index is 0.0210. The fraction of sp³-hybridized carbons (Fsp3) is 0.300. The molecule has 0 atom stereocenters. The van der Waals surface area contributed by atoms with Gasteiger partial charge in [0.05, 0.1) is 5.75 Å². The molecule has 5 nitrogen and oxygen atoms in total. The van der Waals surface area contributed by atoms with Crippen LogP contribution in [0.25, 0.3) is 0 Å². The first-order valence-corrected chi connectivity index (χ1v) is 7.96. The number of sulfonamides is 1. The molecule has 0 unspecified atom stereocenters. The molecule has 0 aromatic heterocycles. The number of benzene rings is 1. The summed E-state index contributed by atoms with van der Waals surface area (Å²) < 4.78 is 25.6. The van der Waals surface area contributed by atoms with Crippen molar-refractivity contribution in [2.24, 2.45) is 5.73 Å². The first kappa shape index (κ1) is 15.4. The Hall–Kier alpha value is -0.700. The molecule has 4 N–H and O–H groups in total. The van der Waals surface area contributed by atoms with Crippen LogP contribution < -0.4 is 15.8 Å². The monoisotopic (exact) mass is 351 g/mol. The molecule has 0 fully saturated rings. The average Bonchev–Trinajstić information content (AvgIpc) is 2.28. The van der Waals surface area contributed by atoms with E-state index in [0.717, 1.165) is 4.47 Å². The van der Waals surface area contributed by atoms with Crippen LogP contribution >= 0.6 is 28.1 Å². The lowest BCUT2D eigenvalue weighted by atomic mass is 10.2. The maximum absolute atomic E-state index is 11.3. The summed E-state index contributed by atoms with van der Waals surface area (Å²) in [6.45, 7) is 0.273. The van der Waals surface area contributed by atoms with Gasteiger partial charge in [0.2, 0.25) is 10.0 Å². The van der Waals surface area contributed by atoms with E-state index in [1.165, 1.54) is 7.05 Å². The van der Waals surface area contributed by atoms with Gasteiger partial charge >= 0.3 is 0 Å². The second-order valence-corrected chi connectivity index (χ2v) is 6.82. The SMILES string of the molecule is CNS(=O)(=O)CCNc1cccc(Br)c1C(N)=S. The maximum Gasteiger partial charge on any atom is 0.213 e. The highest BCUT2D eigenvalue weighted by Gasteiger charge is 2.10. The Kier molecular flexibility index (Phi) is 5.51. The van der Waals surface area contributed by atoms with Crippen molar-refractivity contribution in [1.29, 1.82) is 0 Å². The summed E-state index contributed by atoms with van der Waals surface area (Å²) >= 11 is 8.32. The molecular formula is C10H14BrN3O2S2. The number of hydrogen-bond acceptors (Lipinski definition) is 4. The molecule has 0 bridgehead atoms.